The molecule has 0 radical (unpaired) electrons. The Kier molecular flexibility index (Phi) is 4.91. The van der Waals surface area contributed by atoms with Crippen LogP contribution in [0.2, 0.25) is 0 Å². The third kappa shape index (κ3) is 3.67. The summed E-state index contributed by atoms with van der Waals surface area (Å²) in [6.45, 7) is 0. The molecular formula is C24H27N5OS2. The molecule has 0 unspecified atom stereocenters. The summed E-state index contributed by atoms with van der Waals surface area (Å²) in [6.07, 6.45) is 9.98. The normalized spacial score (nSPS) is 33.3. The van der Waals surface area contributed by atoms with Gasteiger partial charge in [-0.15, -0.1) is 10.2 Å². The average Bonchev–Trinajstić information content (AvgIpc) is 3.35. The maximum absolute atomic E-state index is 12.5. The van der Waals surface area contributed by atoms with Crippen molar-refractivity contribution in [3.8, 4) is 0 Å². The Morgan fingerprint density at radius 3 is 2.34 bits per heavy atom. The highest BCUT2D eigenvalue weighted by Gasteiger charge is 2.53. The number of anilines is 1. The molecule has 7 rings (SSSR count). The number of amides is 1. The van der Waals surface area contributed by atoms with Crippen molar-refractivity contribution in [3.63, 3.8) is 0 Å². The van der Waals surface area contributed by atoms with E-state index in [1.807, 2.05) is 44.4 Å². The molecule has 1 aliphatic heterocycles. The minimum absolute atomic E-state index is 0.115. The zero-order chi connectivity index (χ0) is 21.9. The number of carbonyl (C=O) groups excluding carboxylic acids is 1. The number of aromatic nitrogens is 2. The summed E-state index contributed by atoms with van der Waals surface area (Å²) in [5.41, 5.74) is 2.36. The lowest BCUT2D eigenvalue weighted by Gasteiger charge is -2.55. The first-order valence-electron chi connectivity index (χ1n) is 11.4. The van der Waals surface area contributed by atoms with E-state index in [4.69, 9.17) is 0 Å². The van der Waals surface area contributed by atoms with E-state index < -0.39 is 0 Å². The molecule has 5 fully saturated rings. The first-order chi connectivity index (χ1) is 15.5. The van der Waals surface area contributed by atoms with E-state index in [-0.39, 0.29) is 11.3 Å². The van der Waals surface area contributed by atoms with Crippen LogP contribution in [0.5, 0.6) is 0 Å². The first kappa shape index (κ1) is 20.4. The third-order valence-corrected chi connectivity index (χ3v) is 9.43. The van der Waals surface area contributed by atoms with Crippen molar-refractivity contribution in [2.45, 2.75) is 43.9 Å². The smallest absolute Gasteiger partial charge is 0.264 e. The molecule has 2 heterocycles. The predicted octanol–water partition coefficient (Wildman–Crippen LogP) is 4.96. The van der Waals surface area contributed by atoms with Crippen LogP contribution in [0.4, 0.5) is 10.8 Å². The minimum Gasteiger partial charge on any atom is -0.378 e. The lowest BCUT2D eigenvalue weighted by atomic mass is 9.50. The standard InChI is InChI=1S/C24H27N5OS2/c1-29(2)18-5-3-14(4-6-18)10-19-20(30)25-22(31-19)26-23-28-27-21(32-23)24-11-15-7-16(12-24)9-17(8-15)13-24/h3-6,10,15-17H,7-9,11-13H2,1-2H3,(H,25,26,28,30)/b19-10+. The van der Waals surface area contributed by atoms with Gasteiger partial charge in [0, 0.05) is 25.2 Å². The predicted molar refractivity (Wildman–Crippen MR) is 131 cm³/mol. The largest absolute Gasteiger partial charge is 0.378 e. The van der Waals surface area contributed by atoms with E-state index in [0.717, 1.165) is 29.0 Å². The van der Waals surface area contributed by atoms with Gasteiger partial charge in [0.2, 0.25) is 5.13 Å². The maximum Gasteiger partial charge on any atom is 0.264 e. The summed E-state index contributed by atoms with van der Waals surface area (Å²) in [6, 6.07) is 8.14. The number of amidine groups is 1. The van der Waals surface area contributed by atoms with Gasteiger partial charge in [0.05, 0.1) is 4.91 Å². The van der Waals surface area contributed by atoms with E-state index >= 15 is 0 Å². The SMILES string of the molecule is CN(C)c1ccc(/C=C2/S/C(=N/c3nnc(C45CC6CC(CC(C6)C4)C5)s3)NC2=O)cc1. The van der Waals surface area contributed by atoms with E-state index in [1.165, 1.54) is 55.3 Å². The highest BCUT2D eigenvalue weighted by atomic mass is 32.2. The lowest BCUT2D eigenvalue weighted by Crippen LogP contribution is -2.48. The fourth-order valence-electron chi connectivity index (χ4n) is 6.44. The molecule has 2 aromatic rings. The summed E-state index contributed by atoms with van der Waals surface area (Å²) in [5, 5.41) is 14.3. The van der Waals surface area contributed by atoms with Crippen molar-refractivity contribution >= 4 is 51.1 Å². The van der Waals surface area contributed by atoms with E-state index in [2.05, 4.69) is 25.4 Å². The highest BCUT2D eigenvalue weighted by molar-refractivity contribution is 8.18. The van der Waals surface area contributed by atoms with Crippen LogP contribution < -0.4 is 10.2 Å². The minimum atomic E-state index is -0.115. The van der Waals surface area contributed by atoms with Crippen LogP contribution >= 0.6 is 23.1 Å². The van der Waals surface area contributed by atoms with Crippen LogP contribution in [0, 0.1) is 17.8 Å². The second-order valence-electron chi connectivity index (χ2n) is 10.1. The van der Waals surface area contributed by atoms with Crippen LogP contribution in [0.15, 0.2) is 34.2 Å². The van der Waals surface area contributed by atoms with Gasteiger partial charge in [0.1, 0.15) is 5.01 Å². The molecule has 8 heteroatoms. The second kappa shape index (κ2) is 7.70. The van der Waals surface area contributed by atoms with Crippen molar-refractivity contribution in [1.82, 2.24) is 15.5 Å². The fraction of sp³-hybridized carbons (Fsp3) is 0.500. The summed E-state index contributed by atoms with van der Waals surface area (Å²) in [7, 11) is 4.02. The van der Waals surface area contributed by atoms with Gasteiger partial charge in [-0.05, 0) is 91.8 Å². The fourth-order valence-corrected chi connectivity index (χ4v) is 8.26. The number of carbonyl (C=O) groups is 1. The Balaban J connectivity index is 1.19. The monoisotopic (exact) mass is 465 g/mol. The van der Waals surface area contributed by atoms with Crippen molar-refractivity contribution in [2.24, 2.45) is 22.7 Å². The van der Waals surface area contributed by atoms with Crippen molar-refractivity contribution < 1.29 is 4.79 Å². The maximum atomic E-state index is 12.5. The molecule has 1 aromatic heterocycles. The topological polar surface area (TPSA) is 70.5 Å². The Labute approximate surface area is 196 Å². The van der Waals surface area contributed by atoms with Crippen LogP contribution in [0.3, 0.4) is 0 Å². The summed E-state index contributed by atoms with van der Waals surface area (Å²) in [5.74, 6) is 2.52. The summed E-state index contributed by atoms with van der Waals surface area (Å²) >= 11 is 2.99. The highest BCUT2D eigenvalue weighted by Crippen LogP contribution is 2.61. The molecule has 166 valence electrons. The number of nitrogens with one attached hydrogen (secondary N) is 1. The Morgan fingerprint density at radius 2 is 1.72 bits per heavy atom. The zero-order valence-electron chi connectivity index (χ0n) is 18.4. The Morgan fingerprint density at radius 1 is 1.06 bits per heavy atom. The molecule has 0 atom stereocenters. The van der Waals surface area contributed by atoms with Crippen molar-refractivity contribution in [3.05, 3.63) is 39.7 Å². The van der Waals surface area contributed by atoms with Crippen LogP contribution in [0.25, 0.3) is 6.08 Å². The molecule has 4 aliphatic carbocycles. The van der Waals surface area contributed by atoms with E-state index in [0.29, 0.717) is 15.2 Å². The van der Waals surface area contributed by atoms with E-state index in [9.17, 15) is 4.79 Å². The Bertz CT molecular complexity index is 1080. The van der Waals surface area contributed by atoms with Crippen molar-refractivity contribution in [1.29, 1.82) is 0 Å². The molecule has 1 N–H and O–H groups in total. The average molecular weight is 466 g/mol. The molecule has 5 aliphatic rings. The number of hydrogen-bond donors (Lipinski definition) is 1. The zero-order valence-corrected chi connectivity index (χ0v) is 20.0. The van der Waals surface area contributed by atoms with Gasteiger partial charge in [0.15, 0.2) is 5.17 Å². The van der Waals surface area contributed by atoms with Gasteiger partial charge in [0.25, 0.3) is 5.91 Å². The van der Waals surface area contributed by atoms with Gasteiger partial charge >= 0.3 is 0 Å². The molecule has 4 bridgehead atoms. The number of benzene rings is 1. The number of aliphatic imine (C=N–C) groups is 1. The molecule has 4 saturated carbocycles. The Hall–Kier alpha value is -2.19. The number of hydrogen-bond acceptors (Lipinski definition) is 7. The van der Waals surface area contributed by atoms with Crippen molar-refractivity contribution in [2.75, 3.05) is 19.0 Å². The summed E-state index contributed by atoms with van der Waals surface area (Å²) in [4.78, 5) is 19.8. The van der Waals surface area contributed by atoms with Gasteiger partial charge in [-0.3, -0.25) is 4.79 Å². The molecule has 1 aromatic carbocycles. The van der Waals surface area contributed by atoms with Gasteiger partial charge in [-0.2, -0.15) is 4.99 Å². The van der Waals surface area contributed by atoms with Gasteiger partial charge < -0.3 is 10.2 Å². The molecule has 1 saturated heterocycles. The lowest BCUT2D eigenvalue weighted by molar-refractivity contribution is -0.115. The van der Waals surface area contributed by atoms with Crippen LogP contribution in [-0.2, 0) is 10.2 Å². The molecule has 32 heavy (non-hydrogen) atoms. The molecule has 0 spiro atoms. The summed E-state index contributed by atoms with van der Waals surface area (Å²) < 4.78 is 0. The quantitative estimate of drug-likeness (QED) is 0.646. The van der Waals surface area contributed by atoms with Gasteiger partial charge in [-0.25, -0.2) is 0 Å². The molecular weight excluding hydrogens is 438 g/mol. The van der Waals surface area contributed by atoms with E-state index in [1.54, 1.807) is 11.3 Å². The van der Waals surface area contributed by atoms with Crippen LogP contribution in [-0.4, -0.2) is 35.4 Å². The van der Waals surface area contributed by atoms with Gasteiger partial charge in [-0.1, -0.05) is 23.5 Å². The molecule has 1 amide bonds. The third-order valence-electron chi connectivity index (χ3n) is 7.46. The number of rotatable bonds is 4. The number of nitrogens with zero attached hydrogens (tertiary/aromatic N) is 4. The van der Waals surface area contributed by atoms with Crippen LogP contribution in [0.1, 0.15) is 49.1 Å². The first-order valence-corrected chi connectivity index (χ1v) is 13.0. The molecule has 6 nitrogen and oxygen atoms in total. The second-order valence-corrected chi connectivity index (χ2v) is 12.0. The number of thioether (sulfide) groups is 1.